The van der Waals surface area contributed by atoms with Crippen molar-refractivity contribution in [1.29, 1.82) is 0 Å². The summed E-state index contributed by atoms with van der Waals surface area (Å²) in [6, 6.07) is 6.25. The van der Waals surface area contributed by atoms with Gasteiger partial charge in [0.05, 0.1) is 5.69 Å². The second-order valence-electron chi connectivity index (χ2n) is 4.64. The average Bonchev–Trinajstić information content (AvgIpc) is 2.96. The maximum Gasteiger partial charge on any atom is 0.185 e. The molecule has 2 heterocycles. The molecule has 2 rings (SSSR count). The third-order valence-corrected chi connectivity index (χ3v) is 4.35. The topological polar surface area (TPSA) is 41.1 Å². The third-order valence-electron chi connectivity index (χ3n) is 3.29. The van der Waals surface area contributed by atoms with Gasteiger partial charge in [0.2, 0.25) is 0 Å². The highest BCUT2D eigenvalue weighted by molar-refractivity contribution is 7.15. The lowest BCUT2D eigenvalue weighted by molar-refractivity contribution is 0.565. The van der Waals surface area contributed by atoms with Crippen molar-refractivity contribution < 1.29 is 0 Å². The summed E-state index contributed by atoms with van der Waals surface area (Å²) < 4.78 is 0. The predicted octanol–water partition coefficient (Wildman–Crippen LogP) is 3.24. The Morgan fingerprint density at radius 1 is 1.25 bits per heavy atom. The Kier molecular flexibility index (Phi) is 5.49. The Bertz CT molecular complexity index is 508. The van der Waals surface area contributed by atoms with E-state index in [0.29, 0.717) is 0 Å². The van der Waals surface area contributed by atoms with Crippen molar-refractivity contribution >= 4 is 16.5 Å². The first-order valence-corrected chi connectivity index (χ1v) is 7.90. The van der Waals surface area contributed by atoms with Crippen LogP contribution in [0.25, 0.3) is 0 Å². The van der Waals surface area contributed by atoms with E-state index in [0.717, 1.165) is 30.5 Å². The van der Waals surface area contributed by atoms with Crippen LogP contribution in [-0.2, 0) is 6.54 Å². The Labute approximate surface area is 124 Å². The molecule has 0 amide bonds. The van der Waals surface area contributed by atoms with Crippen LogP contribution >= 0.6 is 11.3 Å². The standard InChI is InChI=1S/C15H22N4S/c1-4-19(5-2)15-18-11-13(20-15)10-17-12(3)14-8-6-7-9-16-14/h6-9,11-12,17H,4-5,10H2,1-3H3. The fourth-order valence-electron chi connectivity index (χ4n) is 2.01. The van der Waals surface area contributed by atoms with E-state index in [9.17, 15) is 0 Å². The van der Waals surface area contributed by atoms with Gasteiger partial charge in [-0.1, -0.05) is 6.07 Å². The van der Waals surface area contributed by atoms with Gasteiger partial charge in [0.1, 0.15) is 0 Å². The molecule has 2 aromatic heterocycles. The SMILES string of the molecule is CCN(CC)c1ncc(CNC(C)c2ccccn2)s1. The van der Waals surface area contributed by atoms with Gasteiger partial charge in [0.15, 0.2) is 5.13 Å². The molecule has 0 radical (unpaired) electrons. The van der Waals surface area contributed by atoms with Crippen LogP contribution in [0.15, 0.2) is 30.6 Å². The Morgan fingerprint density at radius 3 is 2.70 bits per heavy atom. The molecule has 0 aliphatic carbocycles. The molecule has 20 heavy (non-hydrogen) atoms. The average molecular weight is 290 g/mol. The molecule has 1 N–H and O–H groups in total. The quantitative estimate of drug-likeness (QED) is 0.850. The van der Waals surface area contributed by atoms with Gasteiger partial charge in [0, 0.05) is 42.9 Å². The normalized spacial score (nSPS) is 12.3. The number of nitrogens with one attached hydrogen (secondary N) is 1. The van der Waals surface area contributed by atoms with Crippen LogP contribution in [0.5, 0.6) is 0 Å². The number of rotatable bonds is 7. The van der Waals surface area contributed by atoms with Crippen LogP contribution in [0.4, 0.5) is 5.13 Å². The van der Waals surface area contributed by atoms with Crippen LogP contribution in [-0.4, -0.2) is 23.1 Å². The smallest absolute Gasteiger partial charge is 0.185 e. The summed E-state index contributed by atoms with van der Waals surface area (Å²) >= 11 is 1.76. The molecular weight excluding hydrogens is 268 g/mol. The van der Waals surface area contributed by atoms with E-state index >= 15 is 0 Å². The molecule has 1 atom stereocenters. The minimum absolute atomic E-state index is 0.246. The van der Waals surface area contributed by atoms with Crippen molar-refractivity contribution in [3.63, 3.8) is 0 Å². The lowest BCUT2D eigenvalue weighted by Gasteiger charge is -2.16. The van der Waals surface area contributed by atoms with Crippen molar-refractivity contribution in [2.24, 2.45) is 0 Å². The number of thiazole rings is 1. The lowest BCUT2D eigenvalue weighted by Crippen LogP contribution is -2.21. The predicted molar refractivity (Wildman–Crippen MR) is 85.2 cm³/mol. The minimum atomic E-state index is 0.246. The molecule has 0 aromatic carbocycles. The van der Waals surface area contributed by atoms with Gasteiger partial charge in [-0.2, -0.15) is 0 Å². The Morgan fingerprint density at radius 2 is 2.05 bits per heavy atom. The Hall–Kier alpha value is -1.46. The second kappa shape index (κ2) is 7.36. The summed E-state index contributed by atoms with van der Waals surface area (Å²) in [6.45, 7) is 9.28. The number of anilines is 1. The van der Waals surface area contributed by atoms with Gasteiger partial charge in [-0.05, 0) is 32.9 Å². The van der Waals surface area contributed by atoms with E-state index in [1.165, 1.54) is 4.88 Å². The van der Waals surface area contributed by atoms with Gasteiger partial charge >= 0.3 is 0 Å². The van der Waals surface area contributed by atoms with Gasteiger partial charge in [-0.25, -0.2) is 4.98 Å². The molecule has 108 valence electrons. The zero-order valence-corrected chi connectivity index (χ0v) is 13.2. The number of hydrogen-bond donors (Lipinski definition) is 1. The molecular formula is C15H22N4S. The summed E-state index contributed by atoms with van der Waals surface area (Å²) in [7, 11) is 0. The van der Waals surface area contributed by atoms with Crippen LogP contribution in [0.2, 0.25) is 0 Å². The first kappa shape index (κ1) is 14.9. The first-order valence-electron chi connectivity index (χ1n) is 7.08. The molecule has 2 aromatic rings. The summed E-state index contributed by atoms with van der Waals surface area (Å²) in [4.78, 5) is 12.4. The molecule has 0 bridgehead atoms. The molecule has 1 unspecified atom stereocenters. The van der Waals surface area contributed by atoms with Crippen molar-refractivity contribution in [2.45, 2.75) is 33.4 Å². The maximum atomic E-state index is 4.50. The zero-order valence-electron chi connectivity index (χ0n) is 12.3. The van der Waals surface area contributed by atoms with E-state index in [4.69, 9.17) is 0 Å². The molecule has 0 aliphatic heterocycles. The number of aromatic nitrogens is 2. The minimum Gasteiger partial charge on any atom is -0.349 e. The molecule has 0 aliphatic rings. The highest BCUT2D eigenvalue weighted by Gasteiger charge is 2.09. The molecule has 0 saturated carbocycles. The number of pyridine rings is 1. The molecule has 5 heteroatoms. The fraction of sp³-hybridized carbons (Fsp3) is 0.467. The summed E-state index contributed by atoms with van der Waals surface area (Å²) in [5.74, 6) is 0. The summed E-state index contributed by atoms with van der Waals surface area (Å²) in [5, 5.41) is 4.60. The van der Waals surface area contributed by atoms with Crippen molar-refractivity contribution in [2.75, 3.05) is 18.0 Å². The van der Waals surface area contributed by atoms with E-state index in [2.05, 4.69) is 41.0 Å². The second-order valence-corrected chi connectivity index (χ2v) is 5.73. The highest BCUT2D eigenvalue weighted by atomic mass is 32.1. The van der Waals surface area contributed by atoms with Crippen molar-refractivity contribution in [3.05, 3.63) is 41.2 Å². The van der Waals surface area contributed by atoms with E-state index in [1.54, 1.807) is 11.3 Å². The van der Waals surface area contributed by atoms with Crippen LogP contribution in [0.3, 0.4) is 0 Å². The van der Waals surface area contributed by atoms with E-state index < -0.39 is 0 Å². The van der Waals surface area contributed by atoms with E-state index in [-0.39, 0.29) is 6.04 Å². The maximum absolute atomic E-state index is 4.50. The third kappa shape index (κ3) is 3.77. The molecule has 4 nitrogen and oxygen atoms in total. The van der Waals surface area contributed by atoms with Crippen molar-refractivity contribution in [1.82, 2.24) is 15.3 Å². The lowest BCUT2D eigenvalue weighted by atomic mass is 10.2. The molecule has 0 spiro atoms. The van der Waals surface area contributed by atoms with Gasteiger partial charge < -0.3 is 10.2 Å². The van der Waals surface area contributed by atoms with Crippen molar-refractivity contribution in [3.8, 4) is 0 Å². The van der Waals surface area contributed by atoms with Crippen LogP contribution in [0.1, 0.15) is 37.4 Å². The largest absolute Gasteiger partial charge is 0.349 e. The zero-order chi connectivity index (χ0) is 14.4. The number of hydrogen-bond acceptors (Lipinski definition) is 5. The molecule has 0 saturated heterocycles. The van der Waals surface area contributed by atoms with Gasteiger partial charge in [0.25, 0.3) is 0 Å². The Balaban J connectivity index is 1.91. The van der Waals surface area contributed by atoms with Gasteiger partial charge in [-0.15, -0.1) is 11.3 Å². The monoisotopic (exact) mass is 290 g/mol. The van der Waals surface area contributed by atoms with E-state index in [1.807, 2.05) is 30.6 Å². The fourth-order valence-corrected chi connectivity index (χ4v) is 3.00. The summed E-state index contributed by atoms with van der Waals surface area (Å²) in [5.41, 5.74) is 1.07. The van der Waals surface area contributed by atoms with Crippen LogP contribution in [0, 0.1) is 0 Å². The highest BCUT2D eigenvalue weighted by Crippen LogP contribution is 2.22. The molecule has 0 fully saturated rings. The first-order chi connectivity index (χ1) is 9.74. The van der Waals surface area contributed by atoms with Crippen LogP contribution < -0.4 is 10.2 Å². The van der Waals surface area contributed by atoms with Gasteiger partial charge in [-0.3, -0.25) is 4.98 Å². The number of nitrogens with zero attached hydrogens (tertiary/aromatic N) is 3. The summed E-state index contributed by atoms with van der Waals surface area (Å²) in [6.07, 6.45) is 3.80.